The van der Waals surface area contributed by atoms with Gasteiger partial charge in [-0.15, -0.1) is 0 Å². The zero-order valence-electron chi connectivity index (χ0n) is 20.1. The van der Waals surface area contributed by atoms with Crippen LogP contribution in [0.4, 0.5) is 11.4 Å². The van der Waals surface area contributed by atoms with Crippen LogP contribution in [0.3, 0.4) is 0 Å². The number of nitrogens with one attached hydrogen (secondary N) is 1. The molecule has 11 heteroatoms. The highest BCUT2D eigenvalue weighted by molar-refractivity contribution is 6.13. The van der Waals surface area contributed by atoms with Crippen LogP contribution in [0.2, 0.25) is 0 Å². The minimum atomic E-state index is -0.611. The van der Waals surface area contributed by atoms with Crippen LogP contribution in [0.5, 0.6) is 0 Å². The highest BCUT2D eigenvalue weighted by Crippen LogP contribution is 2.55. The fourth-order valence-corrected chi connectivity index (χ4v) is 5.74. The minimum absolute atomic E-state index is 0.0299. The number of anilines is 2. The molecule has 0 saturated carbocycles. The number of hydrogen-bond donors (Lipinski definition) is 1. The summed E-state index contributed by atoms with van der Waals surface area (Å²) in [5, 5.41) is 3.18. The summed E-state index contributed by atoms with van der Waals surface area (Å²) < 4.78 is 15.6. The molecule has 0 amide bonds. The van der Waals surface area contributed by atoms with Crippen molar-refractivity contribution < 1.29 is 33.4 Å². The van der Waals surface area contributed by atoms with E-state index in [4.69, 9.17) is 28.8 Å². The fourth-order valence-electron chi connectivity index (χ4n) is 5.74. The largest absolute Gasteiger partial charge is 0.466 e. The number of methoxy groups -OCH3 is 2. The Bertz CT molecular complexity index is 1130. The fraction of sp³-hybridized carbons (Fsp3) is 0.500. The van der Waals surface area contributed by atoms with Crippen LogP contribution in [-0.4, -0.2) is 83.6 Å². The molecule has 4 heterocycles. The van der Waals surface area contributed by atoms with Crippen LogP contribution in [0.25, 0.3) is 0 Å². The summed E-state index contributed by atoms with van der Waals surface area (Å²) in [6.45, 7) is 5.13. The van der Waals surface area contributed by atoms with E-state index in [1.807, 2.05) is 7.05 Å². The number of rotatable bonds is 3. The predicted octanol–water partition coefficient (Wildman–Crippen LogP) is 0.390. The maximum Gasteiger partial charge on any atom is 0.373 e. The van der Waals surface area contributed by atoms with Crippen LogP contribution in [0, 0.1) is 0 Å². The zero-order valence-corrected chi connectivity index (χ0v) is 20.1. The zero-order chi connectivity index (χ0) is 25.3. The molecule has 1 aromatic carbocycles. The van der Waals surface area contributed by atoms with Crippen molar-refractivity contribution in [1.29, 1.82) is 0 Å². The van der Waals surface area contributed by atoms with E-state index in [1.54, 1.807) is 0 Å². The van der Waals surface area contributed by atoms with Crippen molar-refractivity contribution >= 4 is 35.3 Å². The number of fused-ring (bicyclic) bond motifs is 1. The predicted molar refractivity (Wildman–Crippen MR) is 124 cm³/mol. The lowest BCUT2D eigenvalue weighted by molar-refractivity contribution is -0.191. The molecule has 0 aliphatic carbocycles. The summed E-state index contributed by atoms with van der Waals surface area (Å²) in [5.41, 5.74) is 3.04. The first kappa shape index (κ1) is 24.4. The van der Waals surface area contributed by atoms with Gasteiger partial charge < -0.3 is 29.3 Å². The summed E-state index contributed by atoms with van der Waals surface area (Å²) in [5.74, 6) is -0.457. The lowest BCUT2D eigenvalue weighted by Gasteiger charge is -2.41. The summed E-state index contributed by atoms with van der Waals surface area (Å²) in [6, 6.07) is 6.02. The Hall–Kier alpha value is -3.69. The second-order valence-electron chi connectivity index (χ2n) is 8.80. The van der Waals surface area contributed by atoms with Crippen LogP contribution in [-0.2, 0) is 38.8 Å². The molecule has 1 aromatic rings. The number of hydrogen-bond acceptors (Lipinski definition) is 11. The van der Waals surface area contributed by atoms with Gasteiger partial charge in [-0.2, -0.15) is 9.59 Å². The molecule has 0 bridgehead atoms. The first-order valence-electron chi connectivity index (χ1n) is 11.3. The van der Waals surface area contributed by atoms with E-state index in [0.717, 1.165) is 36.4 Å². The molecule has 11 nitrogen and oxygen atoms in total. The van der Waals surface area contributed by atoms with E-state index in [0.29, 0.717) is 19.0 Å². The number of morpholine rings is 1. The Morgan fingerprint density at radius 1 is 1.17 bits per heavy atom. The monoisotopic (exact) mass is 484 g/mol. The van der Waals surface area contributed by atoms with Gasteiger partial charge in [0.2, 0.25) is 0 Å². The Morgan fingerprint density at radius 2 is 1.83 bits per heavy atom. The third kappa shape index (κ3) is 3.77. The first-order valence-corrected chi connectivity index (χ1v) is 11.3. The summed E-state index contributed by atoms with van der Waals surface area (Å²) in [4.78, 5) is 51.1. The number of ether oxygens (including phenoxy) is 3. The molecule has 1 unspecified atom stereocenters. The van der Waals surface area contributed by atoms with Crippen molar-refractivity contribution in [2.75, 3.05) is 57.4 Å². The molecule has 1 N–H and O–H groups in total. The molecule has 0 aromatic heterocycles. The Balaban J connectivity index is 0.000000917. The number of aliphatic imine (C=N–C) groups is 1. The molecule has 3 atom stereocenters. The average Bonchev–Trinajstić information content (AvgIpc) is 3.34. The van der Waals surface area contributed by atoms with Gasteiger partial charge >= 0.3 is 18.1 Å². The number of amidine groups is 1. The Morgan fingerprint density at radius 3 is 2.46 bits per heavy atom. The molecule has 186 valence electrons. The van der Waals surface area contributed by atoms with Gasteiger partial charge in [0.1, 0.15) is 11.5 Å². The molecule has 35 heavy (non-hydrogen) atoms. The molecular weight excluding hydrogens is 456 g/mol. The highest BCUT2D eigenvalue weighted by Gasteiger charge is 2.62. The molecule has 5 rings (SSSR count). The second kappa shape index (κ2) is 9.52. The SMILES string of the molecule is COC(=O)C1=C(C(=O)OC)C2N(C)c3ccc(N4CCOCC4)cc3[C@@]23C[C@@H](C)N=C3N1.O=C=O. The Labute approximate surface area is 202 Å². The lowest BCUT2D eigenvalue weighted by atomic mass is 9.68. The van der Waals surface area contributed by atoms with Gasteiger partial charge in [0.25, 0.3) is 0 Å². The van der Waals surface area contributed by atoms with Crippen LogP contribution in [0.1, 0.15) is 18.9 Å². The third-order valence-corrected chi connectivity index (χ3v) is 7.04. The normalized spacial score (nSPS) is 26.2. The average molecular weight is 485 g/mol. The van der Waals surface area contributed by atoms with Crippen molar-refractivity contribution in [2.24, 2.45) is 4.99 Å². The number of likely N-dealkylation sites (N-methyl/N-ethyl adjacent to an activating group) is 1. The highest BCUT2D eigenvalue weighted by atomic mass is 16.5. The number of nitrogens with zero attached hydrogens (tertiary/aromatic N) is 3. The summed E-state index contributed by atoms with van der Waals surface area (Å²) in [7, 11) is 4.58. The number of esters is 2. The van der Waals surface area contributed by atoms with Crippen molar-refractivity contribution in [3.63, 3.8) is 0 Å². The minimum Gasteiger partial charge on any atom is -0.466 e. The first-order chi connectivity index (χ1) is 16.8. The van der Waals surface area contributed by atoms with E-state index in [2.05, 4.69) is 40.2 Å². The number of benzene rings is 1. The molecule has 1 saturated heterocycles. The number of carbonyl (C=O) groups is 2. The summed E-state index contributed by atoms with van der Waals surface area (Å²) >= 11 is 0. The van der Waals surface area contributed by atoms with Crippen LogP contribution in [0.15, 0.2) is 34.5 Å². The van der Waals surface area contributed by atoms with Gasteiger partial charge in [-0.25, -0.2) is 9.59 Å². The van der Waals surface area contributed by atoms with E-state index >= 15 is 0 Å². The van der Waals surface area contributed by atoms with Crippen molar-refractivity contribution in [3.05, 3.63) is 35.0 Å². The lowest BCUT2D eigenvalue weighted by Crippen LogP contribution is -2.59. The maximum absolute atomic E-state index is 13.0. The van der Waals surface area contributed by atoms with E-state index in [9.17, 15) is 9.59 Å². The van der Waals surface area contributed by atoms with Gasteiger partial charge in [-0.1, -0.05) is 0 Å². The standard InChI is InChI=1S/C23H28N4O5.CO2/c1-13-12-23-15-11-14(27-7-9-32-10-8-27)5-6-16(15)26(2)19(23)17(20(28)30-3)18(21(29)31-4)25-22(23)24-13;2-1-3/h5-6,11,13,19H,7-10,12H2,1-4H3,(H,24,25);/t13-,19?,23+;/m1./s1. The second-order valence-corrected chi connectivity index (χ2v) is 8.80. The van der Waals surface area contributed by atoms with Gasteiger partial charge in [0.05, 0.1) is 50.5 Å². The van der Waals surface area contributed by atoms with E-state index in [1.165, 1.54) is 14.2 Å². The van der Waals surface area contributed by atoms with Crippen LogP contribution < -0.4 is 15.1 Å². The molecule has 1 fully saturated rings. The van der Waals surface area contributed by atoms with Gasteiger partial charge in [0.15, 0.2) is 0 Å². The molecule has 4 aliphatic heterocycles. The van der Waals surface area contributed by atoms with Gasteiger partial charge in [-0.05, 0) is 37.1 Å². The van der Waals surface area contributed by atoms with Gasteiger partial charge in [0, 0.05) is 31.5 Å². The smallest absolute Gasteiger partial charge is 0.373 e. The summed E-state index contributed by atoms with van der Waals surface area (Å²) in [6.07, 6.45) is 0.971. The van der Waals surface area contributed by atoms with E-state index < -0.39 is 23.4 Å². The van der Waals surface area contributed by atoms with Crippen LogP contribution >= 0.6 is 0 Å². The van der Waals surface area contributed by atoms with Crippen molar-refractivity contribution in [3.8, 4) is 0 Å². The number of carbonyl (C=O) groups excluding carboxylic acids is 4. The quantitative estimate of drug-likeness (QED) is 0.602. The molecule has 1 spiro atoms. The molecular formula is C24H28N4O7. The van der Waals surface area contributed by atoms with Crippen molar-refractivity contribution in [1.82, 2.24) is 5.32 Å². The molecule has 4 aliphatic rings. The van der Waals surface area contributed by atoms with E-state index in [-0.39, 0.29) is 23.5 Å². The third-order valence-electron chi connectivity index (χ3n) is 7.04. The van der Waals surface area contributed by atoms with Crippen molar-refractivity contribution in [2.45, 2.75) is 30.8 Å². The molecule has 0 radical (unpaired) electrons. The topological polar surface area (TPSA) is 127 Å². The Kier molecular flexibility index (Phi) is 6.64. The van der Waals surface area contributed by atoms with Gasteiger partial charge in [-0.3, -0.25) is 4.99 Å². The maximum atomic E-state index is 13.0.